The summed E-state index contributed by atoms with van der Waals surface area (Å²) in [6, 6.07) is 9.81. The van der Waals surface area contributed by atoms with Gasteiger partial charge < -0.3 is 10.1 Å². The second-order valence-electron chi connectivity index (χ2n) is 4.56. The van der Waals surface area contributed by atoms with Gasteiger partial charge in [0.05, 0.1) is 13.2 Å². The van der Waals surface area contributed by atoms with Crippen molar-refractivity contribution in [1.29, 1.82) is 0 Å². The highest BCUT2D eigenvalue weighted by molar-refractivity contribution is 6.31. The molecule has 4 heteroatoms. The zero-order chi connectivity index (χ0) is 14.4. The number of nitrogens with one attached hydrogen (secondary N) is 1. The third-order valence-electron chi connectivity index (χ3n) is 3.13. The van der Waals surface area contributed by atoms with Gasteiger partial charge in [-0.2, -0.15) is 0 Å². The molecule has 2 aromatic rings. The molecule has 1 aromatic heterocycles. The highest BCUT2D eigenvalue weighted by Crippen LogP contribution is 2.30. The Kier molecular flexibility index (Phi) is 5.39. The molecule has 1 aromatic carbocycles. The van der Waals surface area contributed by atoms with Crippen molar-refractivity contribution in [2.24, 2.45) is 0 Å². The first-order valence-corrected chi connectivity index (χ1v) is 7.10. The summed E-state index contributed by atoms with van der Waals surface area (Å²) in [6.45, 7) is 3.06. The molecule has 0 amide bonds. The molecule has 0 aliphatic carbocycles. The highest BCUT2D eigenvalue weighted by atomic mass is 35.5. The molecule has 1 atom stereocenters. The summed E-state index contributed by atoms with van der Waals surface area (Å²) in [5, 5.41) is 4.21. The molecular formula is C16H19ClN2O. The number of ether oxygens (including phenoxy) is 1. The van der Waals surface area contributed by atoms with E-state index in [0.29, 0.717) is 5.02 Å². The highest BCUT2D eigenvalue weighted by Gasteiger charge is 2.16. The normalized spacial score (nSPS) is 12.2. The van der Waals surface area contributed by atoms with Crippen LogP contribution in [-0.2, 0) is 0 Å². The van der Waals surface area contributed by atoms with Crippen molar-refractivity contribution in [3.63, 3.8) is 0 Å². The van der Waals surface area contributed by atoms with Crippen LogP contribution in [0.1, 0.15) is 30.5 Å². The van der Waals surface area contributed by atoms with Crippen LogP contribution in [0.2, 0.25) is 5.02 Å². The Balaban J connectivity index is 2.36. The molecule has 0 bridgehead atoms. The minimum Gasteiger partial charge on any atom is -0.497 e. The smallest absolute Gasteiger partial charge is 0.120 e. The fourth-order valence-electron chi connectivity index (χ4n) is 2.11. The quantitative estimate of drug-likeness (QED) is 0.878. The van der Waals surface area contributed by atoms with Crippen LogP contribution in [0.5, 0.6) is 5.75 Å². The fraction of sp³-hybridized carbons (Fsp3) is 0.312. The van der Waals surface area contributed by atoms with Gasteiger partial charge >= 0.3 is 0 Å². The van der Waals surface area contributed by atoms with Crippen LogP contribution in [0, 0.1) is 0 Å². The standard InChI is InChI=1S/C16H19ClN2O/c1-3-8-19-16(12-5-4-9-18-11-12)14-7-6-13(20-2)10-15(14)17/h4-7,9-11,16,19H,3,8H2,1-2H3. The van der Waals surface area contributed by atoms with E-state index in [1.807, 2.05) is 30.5 Å². The molecule has 1 N–H and O–H groups in total. The summed E-state index contributed by atoms with van der Waals surface area (Å²) in [7, 11) is 1.64. The van der Waals surface area contributed by atoms with Gasteiger partial charge in [-0.15, -0.1) is 0 Å². The lowest BCUT2D eigenvalue weighted by Gasteiger charge is -2.20. The number of hydrogen-bond acceptors (Lipinski definition) is 3. The van der Waals surface area contributed by atoms with E-state index in [-0.39, 0.29) is 6.04 Å². The Bertz CT molecular complexity index is 545. The molecular weight excluding hydrogens is 272 g/mol. The topological polar surface area (TPSA) is 34.2 Å². The predicted octanol–water partition coefficient (Wildman–Crippen LogP) is 3.83. The lowest BCUT2D eigenvalue weighted by Crippen LogP contribution is -2.23. The fourth-order valence-corrected chi connectivity index (χ4v) is 2.39. The maximum Gasteiger partial charge on any atom is 0.120 e. The molecule has 3 nitrogen and oxygen atoms in total. The molecule has 2 rings (SSSR count). The summed E-state index contributed by atoms with van der Waals surface area (Å²) in [4.78, 5) is 4.19. The van der Waals surface area contributed by atoms with Crippen molar-refractivity contribution in [1.82, 2.24) is 10.3 Å². The average Bonchev–Trinajstić information content (AvgIpc) is 2.50. The summed E-state index contributed by atoms with van der Waals surface area (Å²) in [6.07, 6.45) is 4.70. The van der Waals surface area contributed by atoms with Crippen molar-refractivity contribution in [3.05, 3.63) is 58.9 Å². The largest absolute Gasteiger partial charge is 0.497 e. The predicted molar refractivity (Wildman–Crippen MR) is 82.4 cm³/mol. The molecule has 0 radical (unpaired) electrons. The number of nitrogens with zero attached hydrogens (tertiary/aromatic N) is 1. The second kappa shape index (κ2) is 7.27. The van der Waals surface area contributed by atoms with Crippen LogP contribution in [0.15, 0.2) is 42.7 Å². The van der Waals surface area contributed by atoms with E-state index >= 15 is 0 Å². The molecule has 1 heterocycles. The molecule has 106 valence electrons. The zero-order valence-electron chi connectivity index (χ0n) is 11.8. The van der Waals surface area contributed by atoms with Crippen LogP contribution in [0.3, 0.4) is 0 Å². The van der Waals surface area contributed by atoms with E-state index < -0.39 is 0 Å². The first-order chi connectivity index (χ1) is 9.76. The van der Waals surface area contributed by atoms with Crippen LogP contribution in [-0.4, -0.2) is 18.6 Å². The summed E-state index contributed by atoms with van der Waals surface area (Å²) in [5.41, 5.74) is 2.14. The van der Waals surface area contributed by atoms with Crippen molar-refractivity contribution < 1.29 is 4.74 Å². The van der Waals surface area contributed by atoms with Crippen LogP contribution in [0.4, 0.5) is 0 Å². The minimum absolute atomic E-state index is 0.0436. The van der Waals surface area contributed by atoms with Gasteiger partial charge in [-0.05, 0) is 42.3 Å². The van der Waals surface area contributed by atoms with Crippen molar-refractivity contribution in [2.45, 2.75) is 19.4 Å². The Morgan fingerprint density at radius 3 is 2.80 bits per heavy atom. The van der Waals surface area contributed by atoms with Crippen molar-refractivity contribution in [2.75, 3.05) is 13.7 Å². The number of hydrogen-bond donors (Lipinski definition) is 1. The molecule has 0 saturated heterocycles. The van der Waals surface area contributed by atoms with Crippen LogP contribution in [0.25, 0.3) is 0 Å². The van der Waals surface area contributed by atoms with Crippen molar-refractivity contribution >= 4 is 11.6 Å². The van der Waals surface area contributed by atoms with Gasteiger partial charge in [0.15, 0.2) is 0 Å². The molecule has 0 saturated carbocycles. The molecule has 0 aliphatic rings. The number of methoxy groups -OCH3 is 1. The van der Waals surface area contributed by atoms with Gasteiger partial charge in [-0.3, -0.25) is 4.98 Å². The summed E-state index contributed by atoms with van der Waals surface area (Å²) >= 11 is 6.39. The first kappa shape index (κ1) is 14.8. The molecule has 1 unspecified atom stereocenters. The number of halogens is 1. The lowest BCUT2D eigenvalue weighted by atomic mass is 10.00. The van der Waals surface area contributed by atoms with Crippen LogP contribution < -0.4 is 10.1 Å². The van der Waals surface area contributed by atoms with Gasteiger partial charge in [0.1, 0.15) is 5.75 Å². The van der Waals surface area contributed by atoms with Gasteiger partial charge in [-0.25, -0.2) is 0 Å². The summed E-state index contributed by atoms with van der Waals surface area (Å²) < 4.78 is 5.20. The number of pyridine rings is 1. The third kappa shape index (κ3) is 3.50. The Labute approximate surface area is 124 Å². The van der Waals surface area contributed by atoms with E-state index in [9.17, 15) is 0 Å². The number of rotatable bonds is 6. The van der Waals surface area contributed by atoms with E-state index in [1.165, 1.54) is 0 Å². The average molecular weight is 291 g/mol. The second-order valence-corrected chi connectivity index (χ2v) is 4.97. The summed E-state index contributed by atoms with van der Waals surface area (Å²) in [5.74, 6) is 0.763. The van der Waals surface area contributed by atoms with Gasteiger partial charge in [0, 0.05) is 17.4 Å². The molecule has 0 spiro atoms. The van der Waals surface area contributed by atoms with Gasteiger partial charge in [0.25, 0.3) is 0 Å². The molecule has 0 aliphatic heterocycles. The van der Waals surface area contributed by atoms with Gasteiger partial charge in [0.2, 0.25) is 0 Å². The Hall–Kier alpha value is -1.58. The van der Waals surface area contributed by atoms with Gasteiger partial charge in [-0.1, -0.05) is 30.7 Å². The molecule has 20 heavy (non-hydrogen) atoms. The number of aromatic nitrogens is 1. The van der Waals surface area contributed by atoms with E-state index in [2.05, 4.69) is 23.3 Å². The lowest BCUT2D eigenvalue weighted by molar-refractivity contribution is 0.414. The van der Waals surface area contributed by atoms with Crippen LogP contribution >= 0.6 is 11.6 Å². The first-order valence-electron chi connectivity index (χ1n) is 6.73. The monoisotopic (exact) mass is 290 g/mol. The van der Waals surface area contributed by atoms with Crippen molar-refractivity contribution in [3.8, 4) is 5.75 Å². The SMILES string of the molecule is CCCNC(c1cccnc1)c1ccc(OC)cc1Cl. The maximum absolute atomic E-state index is 6.39. The maximum atomic E-state index is 6.39. The minimum atomic E-state index is 0.0436. The number of benzene rings is 1. The van der Waals surface area contributed by atoms with E-state index in [0.717, 1.165) is 29.8 Å². The van der Waals surface area contributed by atoms with E-state index in [1.54, 1.807) is 13.3 Å². The Morgan fingerprint density at radius 2 is 2.20 bits per heavy atom. The third-order valence-corrected chi connectivity index (χ3v) is 3.46. The Morgan fingerprint density at radius 1 is 1.35 bits per heavy atom. The van der Waals surface area contributed by atoms with E-state index in [4.69, 9.17) is 16.3 Å². The molecule has 0 fully saturated rings. The zero-order valence-corrected chi connectivity index (χ0v) is 12.5.